The van der Waals surface area contributed by atoms with Crippen LogP contribution in [0.3, 0.4) is 0 Å². The molecule has 0 aliphatic carbocycles. The number of carbonyl (C=O) groups is 1. The van der Waals surface area contributed by atoms with Crippen LogP contribution in [0.15, 0.2) is 18.5 Å². The zero-order valence-corrected chi connectivity index (χ0v) is 11.7. The van der Waals surface area contributed by atoms with Crippen LogP contribution in [-0.4, -0.2) is 40.3 Å². The third-order valence-electron chi connectivity index (χ3n) is 3.78. The van der Waals surface area contributed by atoms with Crippen molar-refractivity contribution in [3.8, 4) is 0 Å². The predicted molar refractivity (Wildman–Crippen MR) is 74.8 cm³/mol. The van der Waals surface area contributed by atoms with Gasteiger partial charge in [-0.2, -0.15) is 5.10 Å². The summed E-state index contributed by atoms with van der Waals surface area (Å²) in [7, 11) is 0. The lowest BCUT2D eigenvalue weighted by molar-refractivity contribution is 0.164. The number of aromatic nitrogens is 2. The van der Waals surface area contributed by atoms with E-state index in [0.717, 1.165) is 32.5 Å². The Balaban J connectivity index is 1.63. The highest BCUT2D eigenvalue weighted by atomic mass is 16.2. The molecule has 1 aliphatic rings. The molecule has 0 aromatic carbocycles. The summed E-state index contributed by atoms with van der Waals surface area (Å²) in [4.78, 5) is 14.0. The van der Waals surface area contributed by atoms with Gasteiger partial charge in [0.25, 0.3) is 0 Å². The highest BCUT2D eigenvalue weighted by Gasteiger charge is 2.21. The minimum absolute atomic E-state index is 0.0959. The van der Waals surface area contributed by atoms with Crippen molar-refractivity contribution in [3.05, 3.63) is 18.5 Å². The monoisotopic (exact) mass is 264 g/mol. The Morgan fingerprint density at radius 2 is 2.42 bits per heavy atom. The fourth-order valence-electron chi connectivity index (χ4n) is 2.56. The highest BCUT2D eigenvalue weighted by molar-refractivity contribution is 5.74. The number of rotatable bonds is 5. The van der Waals surface area contributed by atoms with Crippen molar-refractivity contribution in [1.82, 2.24) is 20.0 Å². The molecule has 0 saturated carbocycles. The predicted octanol–water partition coefficient (Wildman–Crippen LogP) is 2.10. The first kappa shape index (κ1) is 13.9. The maximum absolute atomic E-state index is 12.0. The first-order valence-electron chi connectivity index (χ1n) is 7.29. The van der Waals surface area contributed by atoms with Crippen LogP contribution >= 0.6 is 0 Å². The second-order valence-electron chi connectivity index (χ2n) is 5.22. The molecule has 1 aromatic rings. The van der Waals surface area contributed by atoms with E-state index in [-0.39, 0.29) is 6.03 Å². The summed E-state index contributed by atoms with van der Waals surface area (Å²) in [6.45, 7) is 5.59. The van der Waals surface area contributed by atoms with Crippen LogP contribution in [0.5, 0.6) is 0 Å². The van der Waals surface area contributed by atoms with E-state index < -0.39 is 0 Å². The molecule has 1 atom stereocenters. The number of urea groups is 1. The van der Waals surface area contributed by atoms with Gasteiger partial charge in [-0.3, -0.25) is 4.68 Å². The van der Waals surface area contributed by atoms with Crippen LogP contribution in [-0.2, 0) is 6.54 Å². The maximum Gasteiger partial charge on any atom is 0.317 e. The van der Waals surface area contributed by atoms with Crippen LogP contribution in [0, 0.1) is 5.92 Å². The molecule has 1 aliphatic heterocycles. The van der Waals surface area contributed by atoms with E-state index in [9.17, 15) is 4.79 Å². The molecule has 0 radical (unpaired) electrons. The van der Waals surface area contributed by atoms with E-state index in [1.54, 1.807) is 6.20 Å². The zero-order chi connectivity index (χ0) is 13.5. The Morgan fingerprint density at radius 1 is 1.53 bits per heavy atom. The number of amides is 2. The summed E-state index contributed by atoms with van der Waals surface area (Å²) in [6, 6.07) is 2.01. The van der Waals surface area contributed by atoms with Crippen LogP contribution in [0.1, 0.15) is 32.6 Å². The van der Waals surface area contributed by atoms with Crippen molar-refractivity contribution in [2.75, 3.05) is 19.6 Å². The first-order valence-corrected chi connectivity index (χ1v) is 7.29. The molecule has 1 fully saturated rings. The van der Waals surface area contributed by atoms with Gasteiger partial charge in [0.05, 0.1) is 0 Å². The molecule has 1 N–H and O–H groups in total. The van der Waals surface area contributed by atoms with E-state index in [4.69, 9.17) is 0 Å². The summed E-state index contributed by atoms with van der Waals surface area (Å²) >= 11 is 0. The van der Waals surface area contributed by atoms with Crippen molar-refractivity contribution in [2.45, 2.75) is 39.2 Å². The first-order chi connectivity index (χ1) is 9.29. The standard InChI is InChI=1S/C14H24N4O/c1-2-13-6-3-9-17(12-13)14(19)15-7-4-10-18-11-5-8-16-18/h5,8,11,13H,2-4,6-7,9-10,12H2,1H3,(H,15,19). The molecule has 106 valence electrons. The van der Waals surface area contributed by atoms with Gasteiger partial charge in [-0.1, -0.05) is 13.3 Å². The summed E-state index contributed by atoms with van der Waals surface area (Å²) in [5, 5.41) is 7.14. The topological polar surface area (TPSA) is 50.2 Å². The minimum atomic E-state index is 0.0959. The van der Waals surface area contributed by atoms with Gasteiger partial charge in [0.1, 0.15) is 0 Å². The molecular weight excluding hydrogens is 240 g/mol. The number of hydrogen-bond acceptors (Lipinski definition) is 2. The van der Waals surface area contributed by atoms with Crippen molar-refractivity contribution < 1.29 is 4.79 Å². The number of piperidine rings is 1. The van der Waals surface area contributed by atoms with Gasteiger partial charge in [0.15, 0.2) is 0 Å². The third-order valence-corrected chi connectivity index (χ3v) is 3.78. The Morgan fingerprint density at radius 3 is 3.16 bits per heavy atom. The Hall–Kier alpha value is -1.52. The molecule has 2 heterocycles. The van der Waals surface area contributed by atoms with Gasteiger partial charge in [-0.25, -0.2) is 4.79 Å². The normalized spacial score (nSPS) is 19.4. The second-order valence-corrected chi connectivity index (χ2v) is 5.22. The molecule has 1 aromatic heterocycles. The second kappa shape index (κ2) is 7.16. The zero-order valence-electron chi connectivity index (χ0n) is 11.7. The van der Waals surface area contributed by atoms with E-state index in [2.05, 4.69) is 17.3 Å². The molecule has 5 heteroatoms. The molecule has 2 amide bonds. The molecule has 2 rings (SSSR count). The third kappa shape index (κ3) is 4.26. The lowest BCUT2D eigenvalue weighted by Crippen LogP contribution is -2.45. The fourth-order valence-corrected chi connectivity index (χ4v) is 2.56. The Kier molecular flexibility index (Phi) is 5.24. The van der Waals surface area contributed by atoms with Gasteiger partial charge >= 0.3 is 6.03 Å². The minimum Gasteiger partial charge on any atom is -0.338 e. The molecule has 0 spiro atoms. The SMILES string of the molecule is CCC1CCCN(C(=O)NCCCn2cccn2)C1. The molecule has 5 nitrogen and oxygen atoms in total. The molecule has 19 heavy (non-hydrogen) atoms. The van der Waals surface area contributed by atoms with Crippen LogP contribution in [0.25, 0.3) is 0 Å². The van der Waals surface area contributed by atoms with Crippen molar-refractivity contribution in [2.24, 2.45) is 5.92 Å². The Bertz CT molecular complexity index is 377. The average Bonchev–Trinajstić information content (AvgIpc) is 2.96. The molecule has 0 bridgehead atoms. The van der Waals surface area contributed by atoms with Crippen molar-refractivity contribution >= 4 is 6.03 Å². The Labute approximate surface area is 115 Å². The van der Waals surface area contributed by atoms with Gasteiger partial charge in [0, 0.05) is 38.6 Å². The number of aryl methyl sites for hydroxylation is 1. The average molecular weight is 264 g/mol. The largest absolute Gasteiger partial charge is 0.338 e. The quantitative estimate of drug-likeness (QED) is 0.828. The number of carbonyl (C=O) groups excluding carboxylic acids is 1. The number of hydrogen-bond donors (Lipinski definition) is 1. The summed E-state index contributed by atoms with van der Waals surface area (Å²) in [6.07, 6.45) is 8.20. The fraction of sp³-hybridized carbons (Fsp3) is 0.714. The summed E-state index contributed by atoms with van der Waals surface area (Å²) < 4.78 is 1.89. The van der Waals surface area contributed by atoms with Crippen LogP contribution in [0.2, 0.25) is 0 Å². The number of nitrogens with zero attached hydrogens (tertiary/aromatic N) is 3. The van der Waals surface area contributed by atoms with Crippen molar-refractivity contribution in [3.63, 3.8) is 0 Å². The maximum atomic E-state index is 12.0. The molecular formula is C14H24N4O. The van der Waals surface area contributed by atoms with E-state index in [0.29, 0.717) is 12.5 Å². The van der Waals surface area contributed by atoms with Crippen LogP contribution in [0.4, 0.5) is 4.79 Å². The van der Waals surface area contributed by atoms with Gasteiger partial charge in [-0.15, -0.1) is 0 Å². The van der Waals surface area contributed by atoms with Crippen molar-refractivity contribution in [1.29, 1.82) is 0 Å². The summed E-state index contributed by atoms with van der Waals surface area (Å²) in [5.74, 6) is 0.684. The summed E-state index contributed by atoms with van der Waals surface area (Å²) in [5.41, 5.74) is 0. The molecule has 1 unspecified atom stereocenters. The van der Waals surface area contributed by atoms with E-state index in [1.165, 1.54) is 12.8 Å². The van der Waals surface area contributed by atoms with E-state index in [1.807, 2.05) is 21.8 Å². The van der Waals surface area contributed by atoms with Crippen LogP contribution < -0.4 is 5.32 Å². The smallest absolute Gasteiger partial charge is 0.317 e. The van der Waals surface area contributed by atoms with E-state index >= 15 is 0 Å². The number of likely N-dealkylation sites (tertiary alicyclic amines) is 1. The number of nitrogens with one attached hydrogen (secondary N) is 1. The highest BCUT2D eigenvalue weighted by Crippen LogP contribution is 2.18. The molecule has 1 saturated heterocycles. The lowest BCUT2D eigenvalue weighted by atomic mass is 9.96. The lowest BCUT2D eigenvalue weighted by Gasteiger charge is -2.32. The van der Waals surface area contributed by atoms with Gasteiger partial charge < -0.3 is 10.2 Å². The van der Waals surface area contributed by atoms with Gasteiger partial charge in [0.2, 0.25) is 0 Å². The van der Waals surface area contributed by atoms with Gasteiger partial charge in [-0.05, 0) is 31.2 Å².